The second-order valence-corrected chi connectivity index (χ2v) is 6.43. The van der Waals surface area contributed by atoms with Crippen LogP contribution in [0, 0.1) is 0 Å². The number of esters is 1. The number of hydrogen-bond acceptors (Lipinski definition) is 6. The Labute approximate surface area is 148 Å². The first-order valence-corrected chi connectivity index (χ1v) is 8.63. The Kier molecular flexibility index (Phi) is 5.39. The van der Waals surface area contributed by atoms with Crippen LogP contribution in [-0.4, -0.2) is 30.1 Å². The molecule has 0 atom stereocenters. The smallest absolute Gasteiger partial charge is 0.338 e. The normalized spacial score (nSPS) is 13.4. The lowest BCUT2D eigenvalue weighted by Crippen LogP contribution is -2.28. The molecule has 0 aliphatic carbocycles. The molecule has 0 fully saturated rings. The lowest BCUT2D eigenvalue weighted by atomic mass is 10.2. The van der Waals surface area contributed by atoms with Crippen LogP contribution in [-0.2, 0) is 20.9 Å². The molecule has 1 aliphatic heterocycles. The third-order valence-electron chi connectivity index (χ3n) is 3.45. The van der Waals surface area contributed by atoms with Crippen LogP contribution in [0.5, 0.6) is 0 Å². The van der Waals surface area contributed by atoms with Crippen LogP contribution in [0.1, 0.15) is 22.5 Å². The highest BCUT2D eigenvalue weighted by Gasteiger charge is 2.17. The zero-order valence-electron chi connectivity index (χ0n) is 13.2. The second kappa shape index (κ2) is 7.89. The quantitative estimate of drug-likeness (QED) is 0.793. The standard InChI is InChI=1S/C17H16N2O5S/c20-15-5-7-25-14-4-3-11(8-13(14)19-15)17(22)24-10-16(21)18-9-12-2-1-6-23-12/h1-4,6,8H,5,7,9-10H2,(H,18,21)(H,19,20). The Hall–Kier alpha value is -2.74. The molecule has 0 radical (unpaired) electrons. The van der Waals surface area contributed by atoms with Gasteiger partial charge in [-0.2, -0.15) is 0 Å². The molecular weight excluding hydrogens is 344 g/mol. The number of benzene rings is 1. The predicted molar refractivity (Wildman–Crippen MR) is 91.2 cm³/mol. The van der Waals surface area contributed by atoms with E-state index in [1.54, 1.807) is 42.1 Å². The minimum atomic E-state index is -0.626. The molecule has 8 heteroatoms. The first kappa shape index (κ1) is 17.1. The van der Waals surface area contributed by atoms with Gasteiger partial charge in [-0.3, -0.25) is 9.59 Å². The lowest BCUT2D eigenvalue weighted by molar-refractivity contribution is -0.124. The average Bonchev–Trinajstić information content (AvgIpc) is 3.05. The van der Waals surface area contributed by atoms with Gasteiger partial charge in [0.2, 0.25) is 5.91 Å². The highest BCUT2D eigenvalue weighted by atomic mass is 32.2. The SMILES string of the molecule is O=C(COC(=O)c1ccc2c(c1)NC(=O)CCS2)NCc1ccco1. The van der Waals surface area contributed by atoms with Crippen molar-refractivity contribution in [2.24, 2.45) is 0 Å². The summed E-state index contributed by atoms with van der Waals surface area (Å²) in [5, 5.41) is 5.35. The van der Waals surface area contributed by atoms with Crippen molar-refractivity contribution in [2.75, 3.05) is 17.7 Å². The average molecular weight is 360 g/mol. The molecule has 130 valence electrons. The molecule has 2 heterocycles. The minimum absolute atomic E-state index is 0.0888. The van der Waals surface area contributed by atoms with E-state index in [1.807, 2.05) is 0 Å². The van der Waals surface area contributed by atoms with Crippen molar-refractivity contribution in [1.29, 1.82) is 0 Å². The number of anilines is 1. The molecule has 0 saturated heterocycles. The van der Waals surface area contributed by atoms with Crippen molar-refractivity contribution in [2.45, 2.75) is 17.9 Å². The second-order valence-electron chi connectivity index (χ2n) is 5.29. The summed E-state index contributed by atoms with van der Waals surface area (Å²) in [6.45, 7) is -0.163. The fraction of sp³-hybridized carbons (Fsp3) is 0.235. The van der Waals surface area contributed by atoms with Gasteiger partial charge in [-0.25, -0.2) is 4.79 Å². The van der Waals surface area contributed by atoms with E-state index in [2.05, 4.69) is 10.6 Å². The Balaban J connectivity index is 1.54. The highest BCUT2D eigenvalue weighted by molar-refractivity contribution is 7.99. The largest absolute Gasteiger partial charge is 0.467 e. The van der Waals surface area contributed by atoms with Crippen molar-refractivity contribution in [1.82, 2.24) is 5.32 Å². The van der Waals surface area contributed by atoms with Gasteiger partial charge in [0.25, 0.3) is 5.91 Å². The summed E-state index contributed by atoms with van der Waals surface area (Å²) in [7, 11) is 0. The van der Waals surface area contributed by atoms with E-state index in [1.165, 1.54) is 6.26 Å². The molecule has 2 aromatic rings. The van der Waals surface area contributed by atoms with E-state index < -0.39 is 18.5 Å². The van der Waals surface area contributed by atoms with Crippen LogP contribution in [0.3, 0.4) is 0 Å². The van der Waals surface area contributed by atoms with Gasteiger partial charge in [-0.05, 0) is 30.3 Å². The minimum Gasteiger partial charge on any atom is -0.467 e. The third kappa shape index (κ3) is 4.63. The number of carbonyl (C=O) groups is 3. The molecule has 1 aromatic carbocycles. The molecular formula is C17H16N2O5S. The summed E-state index contributed by atoms with van der Waals surface area (Å²) in [6.07, 6.45) is 1.94. The molecule has 2 amide bonds. The van der Waals surface area contributed by atoms with Crippen molar-refractivity contribution < 1.29 is 23.5 Å². The summed E-state index contributed by atoms with van der Waals surface area (Å²) in [5.41, 5.74) is 0.865. The zero-order chi connectivity index (χ0) is 17.6. The first-order valence-electron chi connectivity index (χ1n) is 7.65. The van der Waals surface area contributed by atoms with Crippen molar-refractivity contribution in [3.8, 4) is 0 Å². The third-order valence-corrected chi connectivity index (χ3v) is 4.53. The van der Waals surface area contributed by atoms with Crippen LogP contribution in [0.25, 0.3) is 0 Å². The van der Waals surface area contributed by atoms with Gasteiger partial charge < -0.3 is 19.8 Å². The van der Waals surface area contributed by atoms with Crippen molar-refractivity contribution in [3.05, 3.63) is 47.9 Å². The van der Waals surface area contributed by atoms with Crippen LogP contribution < -0.4 is 10.6 Å². The number of thioether (sulfide) groups is 1. The van der Waals surface area contributed by atoms with Gasteiger partial charge in [0, 0.05) is 17.1 Å². The number of nitrogens with one attached hydrogen (secondary N) is 2. The summed E-state index contributed by atoms with van der Waals surface area (Å²) >= 11 is 1.55. The summed E-state index contributed by atoms with van der Waals surface area (Å²) in [4.78, 5) is 36.3. The molecule has 7 nitrogen and oxygen atoms in total. The van der Waals surface area contributed by atoms with E-state index in [9.17, 15) is 14.4 Å². The van der Waals surface area contributed by atoms with E-state index in [4.69, 9.17) is 9.15 Å². The molecule has 25 heavy (non-hydrogen) atoms. The van der Waals surface area contributed by atoms with E-state index in [-0.39, 0.29) is 18.0 Å². The van der Waals surface area contributed by atoms with Gasteiger partial charge in [0.1, 0.15) is 5.76 Å². The molecule has 3 rings (SSSR count). The van der Waals surface area contributed by atoms with Gasteiger partial charge in [-0.15, -0.1) is 11.8 Å². The van der Waals surface area contributed by atoms with Crippen LogP contribution in [0.2, 0.25) is 0 Å². The summed E-state index contributed by atoms with van der Waals surface area (Å²) < 4.78 is 10.1. The van der Waals surface area contributed by atoms with Crippen LogP contribution in [0.4, 0.5) is 5.69 Å². The van der Waals surface area contributed by atoms with E-state index >= 15 is 0 Å². The highest BCUT2D eigenvalue weighted by Crippen LogP contribution is 2.31. The van der Waals surface area contributed by atoms with Crippen LogP contribution >= 0.6 is 11.8 Å². The van der Waals surface area contributed by atoms with E-state index in [0.717, 1.165) is 4.90 Å². The lowest BCUT2D eigenvalue weighted by Gasteiger charge is -2.09. The maximum Gasteiger partial charge on any atom is 0.338 e. The zero-order valence-corrected chi connectivity index (χ0v) is 14.1. The molecule has 0 unspecified atom stereocenters. The van der Waals surface area contributed by atoms with Gasteiger partial charge >= 0.3 is 5.97 Å². The molecule has 0 bridgehead atoms. The van der Waals surface area contributed by atoms with Gasteiger partial charge in [-0.1, -0.05) is 0 Å². The Bertz CT molecular complexity index is 788. The maximum absolute atomic E-state index is 12.1. The van der Waals surface area contributed by atoms with Crippen LogP contribution in [0.15, 0.2) is 45.9 Å². The number of ether oxygens (including phenoxy) is 1. The predicted octanol–water partition coefficient (Wildman–Crippen LogP) is 2.19. The molecule has 1 aromatic heterocycles. The Morgan fingerprint density at radius 2 is 2.20 bits per heavy atom. The maximum atomic E-state index is 12.1. The summed E-state index contributed by atoms with van der Waals surface area (Å²) in [5.74, 6) is 0.161. The number of amides is 2. The Morgan fingerprint density at radius 3 is 3.00 bits per heavy atom. The monoisotopic (exact) mass is 360 g/mol. The molecule has 2 N–H and O–H groups in total. The molecule has 0 saturated carbocycles. The number of furan rings is 1. The van der Waals surface area contributed by atoms with Crippen molar-refractivity contribution >= 4 is 35.2 Å². The summed E-state index contributed by atoms with van der Waals surface area (Å²) in [6, 6.07) is 8.39. The topological polar surface area (TPSA) is 97.6 Å². The number of hydrogen-bond donors (Lipinski definition) is 2. The molecule has 0 spiro atoms. The first-order chi connectivity index (χ1) is 12.1. The van der Waals surface area contributed by atoms with E-state index in [0.29, 0.717) is 23.6 Å². The fourth-order valence-electron chi connectivity index (χ4n) is 2.21. The fourth-order valence-corrected chi connectivity index (χ4v) is 3.15. The molecule has 1 aliphatic rings. The van der Waals surface area contributed by atoms with Gasteiger partial charge in [0.15, 0.2) is 6.61 Å². The number of carbonyl (C=O) groups excluding carboxylic acids is 3. The Morgan fingerprint density at radius 1 is 1.32 bits per heavy atom. The van der Waals surface area contributed by atoms with Crippen molar-refractivity contribution in [3.63, 3.8) is 0 Å². The van der Waals surface area contributed by atoms with Gasteiger partial charge in [0.05, 0.1) is 24.1 Å². The number of fused-ring (bicyclic) bond motifs is 1. The number of rotatable bonds is 5.